The Morgan fingerprint density at radius 1 is 1.35 bits per heavy atom. The Morgan fingerprint density at radius 2 is 2.00 bits per heavy atom. The molecule has 23 heavy (non-hydrogen) atoms. The number of hydrogen-bond acceptors (Lipinski definition) is 4. The van der Waals surface area contributed by atoms with Gasteiger partial charge in [-0.05, 0) is 12.1 Å². The van der Waals surface area contributed by atoms with E-state index in [1.807, 2.05) is 0 Å². The molecule has 0 saturated carbocycles. The summed E-state index contributed by atoms with van der Waals surface area (Å²) in [5.41, 5.74) is 0.313. The number of carbonyl (C=O) groups excluding carboxylic acids is 3. The quantitative estimate of drug-likeness (QED) is 0.853. The maximum atomic E-state index is 12.1. The van der Waals surface area contributed by atoms with E-state index in [9.17, 15) is 14.4 Å². The summed E-state index contributed by atoms with van der Waals surface area (Å²) in [4.78, 5) is 38.3. The van der Waals surface area contributed by atoms with E-state index in [1.165, 1.54) is 28.6 Å². The Morgan fingerprint density at radius 3 is 2.57 bits per heavy atom. The minimum Gasteiger partial charge on any atom is -0.335 e. The van der Waals surface area contributed by atoms with Gasteiger partial charge in [-0.15, -0.1) is 11.8 Å². The summed E-state index contributed by atoms with van der Waals surface area (Å²) < 4.78 is 0. The first-order chi connectivity index (χ1) is 10.9. The monoisotopic (exact) mass is 375 g/mol. The molecule has 1 fully saturated rings. The van der Waals surface area contributed by atoms with Crippen LogP contribution in [0.1, 0.15) is 0 Å². The average molecular weight is 376 g/mol. The fraction of sp³-hybridized carbons (Fsp3) is 0.357. The fourth-order valence-corrected chi connectivity index (χ4v) is 3.32. The van der Waals surface area contributed by atoms with Gasteiger partial charge in [0.15, 0.2) is 0 Å². The highest BCUT2D eigenvalue weighted by Gasteiger charge is 2.25. The molecule has 0 aromatic heterocycles. The summed E-state index contributed by atoms with van der Waals surface area (Å²) in [6, 6.07) is 4.88. The van der Waals surface area contributed by atoms with E-state index < -0.39 is 5.91 Å². The molecule has 1 aliphatic heterocycles. The Labute approximate surface area is 148 Å². The van der Waals surface area contributed by atoms with Gasteiger partial charge in [0.1, 0.15) is 6.54 Å². The number of hydrogen-bond donors (Lipinski definition) is 1. The van der Waals surface area contributed by atoms with Crippen molar-refractivity contribution in [1.82, 2.24) is 9.80 Å². The lowest BCUT2D eigenvalue weighted by molar-refractivity contribution is -0.138. The molecular formula is C14H15Cl2N3O3S. The van der Waals surface area contributed by atoms with Crippen LogP contribution in [0.3, 0.4) is 0 Å². The Balaban J connectivity index is 1.89. The van der Waals surface area contributed by atoms with Crippen molar-refractivity contribution in [2.24, 2.45) is 0 Å². The van der Waals surface area contributed by atoms with Crippen molar-refractivity contribution in [3.8, 4) is 0 Å². The van der Waals surface area contributed by atoms with E-state index in [2.05, 4.69) is 5.32 Å². The van der Waals surface area contributed by atoms with Crippen LogP contribution in [-0.4, -0.2) is 59.3 Å². The zero-order valence-corrected chi connectivity index (χ0v) is 14.7. The topological polar surface area (TPSA) is 69.7 Å². The molecule has 0 radical (unpaired) electrons. The molecule has 0 bridgehead atoms. The molecule has 2 rings (SSSR count). The van der Waals surface area contributed by atoms with E-state index in [0.29, 0.717) is 27.4 Å². The lowest BCUT2D eigenvalue weighted by atomic mass is 10.3. The molecule has 3 amide bonds. The van der Waals surface area contributed by atoms with Gasteiger partial charge >= 0.3 is 0 Å². The number of benzene rings is 1. The van der Waals surface area contributed by atoms with Crippen LogP contribution in [-0.2, 0) is 14.4 Å². The van der Waals surface area contributed by atoms with Crippen molar-refractivity contribution in [3.05, 3.63) is 28.2 Å². The summed E-state index contributed by atoms with van der Waals surface area (Å²) in [6.45, 7) is -0.183. The number of nitrogens with one attached hydrogen (secondary N) is 1. The van der Waals surface area contributed by atoms with Crippen LogP contribution in [0.5, 0.6) is 0 Å². The van der Waals surface area contributed by atoms with E-state index in [4.69, 9.17) is 23.2 Å². The van der Waals surface area contributed by atoms with Gasteiger partial charge < -0.3 is 15.1 Å². The summed E-state index contributed by atoms with van der Waals surface area (Å²) in [5.74, 6) is 0.103. The number of halogens is 2. The van der Waals surface area contributed by atoms with Gasteiger partial charge in [-0.25, -0.2) is 0 Å². The van der Waals surface area contributed by atoms with Gasteiger partial charge in [0.25, 0.3) is 0 Å². The Kier molecular flexibility index (Phi) is 6.15. The standard InChI is InChI=1S/C14H15Cl2N3O3S/c1-18(12(21)6-19-8-23-7-13(19)22)5-11(20)17-14-9(15)3-2-4-10(14)16/h2-4H,5-8H2,1H3,(H,17,20). The zero-order chi connectivity index (χ0) is 17.0. The number of anilines is 1. The van der Waals surface area contributed by atoms with Gasteiger partial charge in [-0.1, -0.05) is 29.3 Å². The first-order valence-electron chi connectivity index (χ1n) is 6.72. The number of amides is 3. The van der Waals surface area contributed by atoms with Crippen LogP contribution in [0, 0.1) is 0 Å². The third-order valence-corrected chi connectivity index (χ3v) is 4.76. The normalized spacial score (nSPS) is 14.0. The average Bonchev–Trinajstić information content (AvgIpc) is 2.88. The molecule has 1 saturated heterocycles. The maximum absolute atomic E-state index is 12.1. The minimum atomic E-state index is -0.419. The highest BCUT2D eigenvalue weighted by Crippen LogP contribution is 2.29. The first kappa shape index (κ1) is 17.9. The van der Waals surface area contributed by atoms with Crippen molar-refractivity contribution in [2.45, 2.75) is 0 Å². The highest BCUT2D eigenvalue weighted by atomic mass is 35.5. The number of likely N-dealkylation sites (N-methyl/N-ethyl adjacent to an activating group) is 1. The number of carbonyl (C=O) groups is 3. The molecule has 1 heterocycles. The van der Waals surface area contributed by atoms with Crippen molar-refractivity contribution < 1.29 is 14.4 Å². The van der Waals surface area contributed by atoms with Crippen LogP contribution in [0.4, 0.5) is 5.69 Å². The van der Waals surface area contributed by atoms with E-state index >= 15 is 0 Å². The third-order valence-electron chi connectivity index (χ3n) is 3.19. The maximum Gasteiger partial charge on any atom is 0.244 e. The Bertz CT molecular complexity index is 621. The second-order valence-electron chi connectivity index (χ2n) is 4.96. The molecule has 9 heteroatoms. The van der Waals surface area contributed by atoms with E-state index in [0.717, 1.165) is 0 Å². The van der Waals surface area contributed by atoms with Crippen LogP contribution >= 0.6 is 35.0 Å². The fourth-order valence-electron chi connectivity index (χ4n) is 1.92. The number of rotatable bonds is 5. The van der Waals surface area contributed by atoms with Gasteiger partial charge in [-0.2, -0.15) is 0 Å². The minimum absolute atomic E-state index is 0.0253. The molecule has 1 N–H and O–H groups in total. The molecule has 0 spiro atoms. The summed E-state index contributed by atoms with van der Waals surface area (Å²) in [7, 11) is 1.50. The van der Waals surface area contributed by atoms with Crippen molar-refractivity contribution in [3.63, 3.8) is 0 Å². The number of thioether (sulfide) groups is 1. The lowest BCUT2D eigenvalue weighted by Crippen LogP contribution is -2.42. The predicted molar refractivity (Wildman–Crippen MR) is 91.8 cm³/mol. The van der Waals surface area contributed by atoms with Crippen LogP contribution < -0.4 is 5.32 Å². The van der Waals surface area contributed by atoms with Crippen molar-refractivity contribution >= 4 is 58.4 Å². The first-order valence-corrected chi connectivity index (χ1v) is 8.63. The van der Waals surface area contributed by atoms with Crippen molar-refractivity contribution in [2.75, 3.05) is 37.1 Å². The zero-order valence-electron chi connectivity index (χ0n) is 12.3. The summed E-state index contributed by atoms with van der Waals surface area (Å²) >= 11 is 13.4. The molecule has 6 nitrogen and oxygen atoms in total. The van der Waals surface area contributed by atoms with Crippen LogP contribution in [0.25, 0.3) is 0 Å². The van der Waals surface area contributed by atoms with Gasteiger partial charge in [0.2, 0.25) is 17.7 Å². The Hall–Kier alpha value is -1.44. The SMILES string of the molecule is CN(CC(=O)Nc1c(Cl)cccc1Cl)C(=O)CN1CSCC1=O. The van der Waals surface area contributed by atoms with Gasteiger partial charge in [0.05, 0.1) is 33.9 Å². The van der Waals surface area contributed by atoms with E-state index in [-0.39, 0.29) is 24.9 Å². The lowest BCUT2D eigenvalue weighted by Gasteiger charge is -2.21. The van der Waals surface area contributed by atoms with E-state index in [1.54, 1.807) is 18.2 Å². The predicted octanol–water partition coefficient (Wildman–Crippen LogP) is 1.92. The van der Waals surface area contributed by atoms with Crippen molar-refractivity contribution in [1.29, 1.82) is 0 Å². The molecule has 0 atom stereocenters. The molecule has 1 aromatic carbocycles. The van der Waals surface area contributed by atoms with Crippen LogP contribution in [0.15, 0.2) is 18.2 Å². The number of nitrogens with zero attached hydrogens (tertiary/aromatic N) is 2. The molecule has 1 aromatic rings. The smallest absolute Gasteiger partial charge is 0.244 e. The summed E-state index contributed by atoms with van der Waals surface area (Å²) in [5, 5.41) is 3.22. The molecular weight excluding hydrogens is 361 g/mol. The molecule has 1 aliphatic rings. The second kappa shape index (κ2) is 7.90. The highest BCUT2D eigenvalue weighted by molar-refractivity contribution is 8.00. The third kappa shape index (κ3) is 4.76. The van der Waals surface area contributed by atoms with Crippen LogP contribution in [0.2, 0.25) is 10.0 Å². The second-order valence-corrected chi connectivity index (χ2v) is 6.73. The van der Waals surface area contributed by atoms with Gasteiger partial charge in [0, 0.05) is 7.05 Å². The largest absolute Gasteiger partial charge is 0.335 e. The number of para-hydroxylation sites is 1. The van der Waals surface area contributed by atoms with Gasteiger partial charge in [-0.3, -0.25) is 14.4 Å². The molecule has 124 valence electrons. The molecule has 0 unspecified atom stereocenters. The summed E-state index contributed by atoms with van der Waals surface area (Å²) in [6.07, 6.45) is 0. The molecule has 0 aliphatic carbocycles.